The number of nitrogens with one attached hydrogen (secondary N) is 1. The molecule has 0 atom stereocenters. The molecule has 17 heavy (non-hydrogen) atoms. The highest BCUT2D eigenvalue weighted by atomic mass is 35.5. The fraction of sp³-hybridized carbons (Fsp3) is 0.286. The van der Waals surface area contributed by atoms with E-state index in [1.807, 2.05) is 24.3 Å². The summed E-state index contributed by atoms with van der Waals surface area (Å²) in [5.41, 5.74) is 2.35. The van der Waals surface area contributed by atoms with Crippen molar-refractivity contribution in [2.45, 2.75) is 26.4 Å². The lowest BCUT2D eigenvalue weighted by molar-refractivity contribution is 0.682. The Balaban J connectivity index is 1.93. The molecule has 2 rings (SSSR count). The molecule has 3 heteroatoms. The molecule has 2 aromatic rings. The Hall–Kier alpha value is -1.41. The summed E-state index contributed by atoms with van der Waals surface area (Å²) in [6.45, 7) is 4.10. The molecule has 0 amide bonds. The van der Waals surface area contributed by atoms with E-state index in [1.165, 1.54) is 5.56 Å². The monoisotopic (exact) mass is 248 g/mol. The highest BCUT2D eigenvalue weighted by molar-refractivity contribution is 6.30. The van der Waals surface area contributed by atoms with E-state index in [9.17, 15) is 0 Å². The van der Waals surface area contributed by atoms with Crippen LogP contribution < -0.4 is 5.32 Å². The molecule has 0 saturated carbocycles. The molecule has 0 spiro atoms. The van der Waals surface area contributed by atoms with Gasteiger partial charge in [-0.2, -0.15) is 0 Å². The lowest BCUT2D eigenvalue weighted by Crippen LogP contribution is -1.98. The van der Waals surface area contributed by atoms with E-state index in [0.29, 0.717) is 0 Å². The predicted octanol–water partition coefficient (Wildman–Crippen LogP) is 4.16. The van der Waals surface area contributed by atoms with E-state index in [1.54, 1.807) is 0 Å². The summed E-state index contributed by atoms with van der Waals surface area (Å²) in [5, 5.41) is 4.12. The summed E-state index contributed by atoms with van der Waals surface area (Å²) in [7, 11) is 0. The van der Waals surface area contributed by atoms with Gasteiger partial charge in [-0.1, -0.05) is 24.6 Å². The van der Waals surface area contributed by atoms with Crippen LogP contribution in [-0.4, -0.2) is 4.57 Å². The van der Waals surface area contributed by atoms with Gasteiger partial charge in [-0.3, -0.25) is 0 Å². The van der Waals surface area contributed by atoms with Crippen LogP contribution in [0.4, 0.5) is 5.69 Å². The number of halogens is 1. The highest BCUT2D eigenvalue weighted by Crippen LogP contribution is 2.15. The van der Waals surface area contributed by atoms with E-state index >= 15 is 0 Å². The van der Waals surface area contributed by atoms with Gasteiger partial charge in [0.2, 0.25) is 0 Å². The van der Waals surface area contributed by atoms with Gasteiger partial charge in [0, 0.05) is 36.2 Å². The minimum Gasteiger partial charge on any atom is -0.381 e. The molecule has 90 valence electrons. The van der Waals surface area contributed by atoms with Crippen LogP contribution in [-0.2, 0) is 13.1 Å². The Morgan fingerprint density at radius 2 is 2.18 bits per heavy atom. The summed E-state index contributed by atoms with van der Waals surface area (Å²) in [4.78, 5) is 0. The molecule has 0 fully saturated rings. The van der Waals surface area contributed by atoms with Crippen molar-refractivity contribution in [3.8, 4) is 0 Å². The molecule has 0 unspecified atom stereocenters. The van der Waals surface area contributed by atoms with Gasteiger partial charge < -0.3 is 9.88 Å². The Labute approximate surface area is 107 Å². The summed E-state index contributed by atoms with van der Waals surface area (Å²) in [6.07, 6.45) is 5.47. The van der Waals surface area contributed by atoms with Crippen molar-refractivity contribution in [2.24, 2.45) is 0 Å². The Bertz CT molecular complexity index is 477. The second-order valence-corrected chi connectivity index (χ2v) is 4.56. The summed E-state index contributed by atoms with van der Waals surface area (Å²) in [6, 6.07) is 9.93. The van der Waals surface area contributed by atoms with E-state index in [0.717, 1.165) is 30.2 Å². The summed E-state index contributed by atoms with van der Waals surface area (Å²) < 4.78 is 2.22. The van der Waals surface area contributed by atoms with E-state index in [-0.39, 0.29) is 0 Å². The quantitative estimate of drug-likeness (QED) is 0.841. The molecule has 1 N–H and O–H groups in total. The zero-order chi connectivity index (χ0) is 12.1. The smallest absolute Gasteiger partial charge is 0.0426 e. The van der Waals surface area contributed by atoms with Crippen molar-refractivity contribution in [1.29, 1.82) is 0 Å². The van der Waals surface area contributed by atoms with Gasteiger partial charge in [-0.15, -0.1) is 0 Å². The van der Waals surface area contributed by atoms with Crippen molar-refractivity contribution in [3.63, 3.8) is 0 Å². The van der Waals surface area contributed by atoms with Crippen LogP contribution in [0.15, 0.2) is 42.7 Å². The lowest BCUT2D eigenvalue weighted by atomic mass is 10.3. The fourth-order valence-corrected chi connectivity index (χ4v) is 1.99. The van der Waals surface area contributed by atoms with Gasteiger partial charge in [-0.05, 0) is 36.2 Å². The first-order valence-corrected chi connectivity index (χ1v) is 6.30. The second kappa shape index (κ2) is 5.78. The molecular weight excluding hydrogens is 232 g/mol. The van der Waals surface area contributed by atoms with Gasteiger partial charge in [0.05, 0.1) is 0 Å². The third-order valence-electron chi connectivity index (χ3n) is 2.61. The molecule has 1 heterocycles. The van der Waals surface area contributed by atoms with Crippen molar-refractivity contribution < 1.29 is 0 Å². The van der Waals surface area contributed by atoms with Crippen LogP contribution in [0.2, 0.25) is 5.02 Å². The van der Waals surface area contributed by atoms with Crippen molar-refractivity contribution in [3.05, 3.63) is 53.3 Å². The predicted molar refractivity (Wildman–Crippen MR) is 73.5 cm³/mol. The highest BCUT2D eigenvalue weighted by Gasteiger charge is 1.97. The molecule has 0 aliphatic heterocycles. The number of hydrogen-bond acceptors (Lipinski definition) is 1. The van der Waals surface area contributed by atoms with Crippen LogP contribution in [0, 0.1) is 0 Å². The lowest BCUT2D eigenvalue weighted by Gasteiger charge is -2.05. The van der Waals surface area contributed by atoms with Crippen LogP contribution in [0.5, 0.6) is 0 Å². The fourth-order valence-electron chi connectivity index (χ4n) is 1.79. The van der Waals surface area contributed by atoms with Gasteiger partial charge in [0.15, 0.2) is 0 Å². The first-order valence-electron chi connectivity index (χ1n) is 5.92. The van der Waals surface area contributed by atoms with Crippen LogP contribution in [0.25, 0.3) is 0 Å². The van der Waals surface area contributed by atoms with Crippen molar-refractivity contribution >= 4 is 17.3 Å². The topological polar surface area (TPSA) is 17.0 Å². The minimum atomic E-state index is 0.763. The average Bonchev–Trinajstić information content (AvgIpc) is 2.75. The third kappa shape index (κ3) is 3.53. The summed E-state index contributed by atoms with van der Waals surface area (Å²) >= 11 is 5.93. The molecule has 0 bridgehead atoms. The maximum atomic E-state index is 5.93. The zero-order valence-corrected chi connectivity index (χ0v) is 10.7. The first kappa shape index (κ1) is 12.1. The van der Waals surface area contributed by atoms with Gasteiger partial charge >= 0.3 is 0 Å². The molecule has 0 aliphatic carbocycles. The van der Waals surface area contributed by atoms with Gasteiger partial charge in [0.25, 0.3) is 0 Å². The normalized spacial score (nSPS) is 10.5. The minimum absolute atomic E-state index is 0.763. The maximum Gasteiger partial charge on any atom is 0.0426 e. The molecular formula is C14H17ClN2. The van der Waals surface area contributed by atoms with Crippen LogP contribution in [0.3, 0.4) is 0 Å². The number of nitrogens with zero attached hydrogens (tertiary/aromatic N) is 1. The molecule has 0 radical (unpaired) electrons. The number of anilines is 1. The van der Waals surface area contributed by atoms with E-state index < -0.39 is 0 Å². The van der Waals surface area contributed by atoms with E-state index in [2.05, 4.69) is 35.3 Å². The number of aryl methyl sites for hydroxylation is 1. The van der Waals surface area contributed by atoms with Crippen LogP contribution in [0.1, 0.15) is 18.9 Å². The van der Waals surface area contributed by atoms with Crippen molar-refractivity contribution in [1.82, 2.24) is 4.57 Å². The first-order chi connectivity index (χ1) is 8.28. The molecule has 1 aromatic carbocycles. The SMILES string of the molecule is CCCn1ccc(CNc2cccc(Cl)c2)c1. The number of hydrogen-bond donors (Lipinski definition) is 1. The Kier molecular flexibility index (Phi) is 4.10. The molecule has 1 aromatic heterocycles. The molecule has 0 aliphatic rings. The third-order valence-corrected chi connectivity index (χ3v) is 2.85. The standard InChI is InChI=1S/C14H17ClN2/c1-2-7-17-8-6-12(11-17)10-16-14-5-3-4-13(15)9-14/h3-6,8-9,11,16H,2,7,10H2,1H3. The van der Waals surface area contributed by atoms with E-state index in [4.69, 9.17) is 11.6 Å². The summed E-state index contributed by atoms with van der Waals surface area (Å²) in [5.74, 6) is 0. The van der Waals surface area contributed by atoms with Crippen LogP contribution >= 0.6 is 11.6 Å². The van der Waals surface area contributed by atoms with Gasteiger partial charge in [-0.25, -0.2) is 0 Å². The maximum absolute atomic E-state index is 5.93. The zero-order valence-electron chi connectivity index (χ0n) is 9.99. The van der Waals surface area contributed by atoms with Gasteiger partial charge in [0.1, 0.15) is 0 Å². The van der Waals surface area contributed by atoms with Crippen molar-refractivity contribution in [2.75, 3.05) is 5.32 Å². The molecule has 2 nitrogen and oxygen atoms in total. The Morgan fingerprint density at radius 3 is 2.94 bits per heavy atom. The molecule has 0 saturated heterocycles. The number of benzene rings is 1. The Morgan fingerprint density at radius 1 is 1.29 bits per heavy atom. The largest absolute Gasteiger partial charge is 0.381 e. The second-order valence-electron chi connectivity index (χ2n) is 4.12. The average molecular weight is 249 g/mol. The number of aromatic nitrogens is 1. The number of rotatable bonds is 5.